The van der Waals surface area contributed by atoms with Gasteiger partial charge in [-0.05, 0) is 29.7 Å². The maximum Gasteiger partial charge on any atom is 0.243 e. The molecular weight excluding hydrogens is 422 g/mol. The van der Waals surface area contributed by atoms with Gasteiger partial charge in [0, 0.05) is 19.1 Å². The molecule has 1 amide bonds. The Labute approximate surface area is 184 Å². The van der Waals surface area contributed by atoms with Crippen molar-refractivity contribution in [2.75, 3.05) is 25.0 Å². The van der Waals surface area contributed by atoms with Crippen LogP contribution in [0.4, 0.5) is 5.69 Å². The van der Waals surface area contributed by atoms with Crippen LogP contribution in [-0.2, 0) is 14.8 Å². The minimum absolute atomic E-state index is 0.0156. The van der Waals surface area contributed by atoms with E-state index in [-0.39, 0.29) is 40.0 Å². The van der Waals surface area contributed by atoms with Gasteiger partial charge in [-0.25, -0.2) is 8.42 Å². The van der Waals surface area contributed by atoms with Crippen LogP contribution in [0.5, 0.6) is 0 Å². The Bertz CT molecular complexity index is 945. The van der Waals surface area contributed by atoms with Gasteiger partial charge >= 0.3 is 0 Å². The van der Waals surface area contributed by atoms with Crippen molar-refractivity contribution in [2.45, 2.75) is 38.6 Å². The van der Waals surface area contributed by atoms with Crippen molar-refractivity contribution in [1.82, 2.24) is 9.62 Å². The quantitative estimate of drug-likeness (QED) is 0.564. The second kappa shape index (κ2) is 10.9. The van der Waals surface area contributed by atoms with Gasteiger partial charge in [-0.2, -0.15) is 4.31 Å². The summed E-state index contributed by atoms with van der Waals surface area (Å²) in [5, 5.41) is 6.28. The van der Waals surface area contributed by atoms with Crippen molar-refractivity contribution in [3.63, 3.8) is 0 Å². The van der Waals surface area contributed by atoms with Gasteiger partial charge in [-0.3, -0.25) is 4.79 Å². The lowest BCUT2D eigenvalue weighted by Crippen LogP contribution is -2.34. The van der Waals surface area contributed by atoms with E-state index in [0.29, 0.717) is 13.1 Å². The molecular formula is C22H30ClN3O3S. The van der Waals surface area contributed by atoms with E-state index >= 15 is 0 Å². The highest BCUT2D eigenvalue weighted by atomic mass is 35.5. The number of benzene rings is 2. The SMILES string of the molecule is CCN(CC)S(=O)(=O)c1ccc(Cl)c(NC(=O)CN[C@@H](c2ccccc2)C(C)C)c1. The lowest BCUT2D eigenvalue weighted by Gasteiger charge is -2.23. The smallest absolute Gasteiger partial charge is 0.243 e. The molecule has 164 valence electrons. The van der Waals surface area contributed by atoms with E-state index in [4.69, 9.17) is 11.6 Å². The number of sulfonamides is 1. The zero-order valence-corrected chi connectivity index (χ0v) is 19.4. The van der Waals surface area contributed by atoms with Gasteiger partial charge in [0.1, 0.15) is 0 Å². The first-order valence-corrected chi connectivity index (χ1v) is 11.9. The Morgan fingerprint density at radius 3 is 2.27 bits per heavy atom. The second-order valence-electron chi connectivity index (χ2n) is 7.29. The summed E-state index contributed by atoms with van der Waals surface area (Å²) in [5.41, 5.74) is 1.38. The normalized spacial score (nSPS) is 12.9. The van der Waals surface area contributed by atoms with E-state index in [1.807, 2.05) is 30.3 Å². The van der Waals surface area contributed by atoms with Crippen molar-refractivity contribution in [1.29, 1.82) is 0 Å². The maximum absolute atomic E-state index is 12.7. The van der Waals surface area contributed by atoms with Crippen molar-refractivity contribution in [3.8, 4) is 0 Å². The Kier molecular flexibility index (Phi) is 8.85. The van der Waals surface area contributed by atoms with Crippen LogP contribution in [0.2, 0.25) is 5.02 Å². The molecule has 30 heavy (non-hydrogen) atoms. The lowest BCUT2D eigenvalue weighted by molar-refractivity contribution is -0.115. The zero-order chi connectivity index (χ0) is 22.3. The van der Waals surface area contributed by atoms with Crippen LogP contribution in [0.25, 0.3) is 0 Å². The van der Waals surface area contributed by atoms with Crippen molar-refractivity contribution in [2.24, 2.45) is 5.92 Å². The maximum atomic E-state index is 12.7. The fraction of sp³-hybridized carbons (Fsp3) is 0.409. The van der Waals surface area contributed by atoms with Crippen molar-refractivity contribution in [3.05, 3.63) is 59.1 Å². The molecule has 2 aromatic rings. The lowest BCUT2D eigenvalue weighted by atomic mass is 9.96. The molecule has 0 aromatic heterocycles. The number of nitrogens with one attached hydrogen (secondary N) is 2. The molecule has 2 aromatic carbocycles. The third kappa shape index (κ3) is 6.04. The van der Waals surface area contributed by atoms with Gasteiger partial charge in [0.25, 0.3) is 0 Å². The van der Waals surface area contributed by atoms with E-state index < -0.39 is 10.0 Å². The summed E-state index contributed by atoms with van der Waals surface area (Å²) < 4.78 is 26.9. The fourth-order valence-corrected chi connectivity index (χ4v) is 4.92. The summed E-state index contributed by atoms with van der Waals surface area (Å²) in [7, 11) is -3.64. The van der Waals surface area contributed by atoms with E-state index in [0.717, 1.165) is 5.56 Å². The molecule has 0 heterocycles. The number of hydrogen-bond donors (Lipinski definition) is 2. The van der Waals surface area contributed by atoms with E-state index in [1.165, 1.54) is 22.5 Å². The van der Waals surface area contributed by atoms with Crippen molar-refractivity contribution < 1.29 is 13.2 Å². The Morgan fingerprint density at radius 2 is 1.70 bits per heavy atom. The van der Waals surface area contributed by atoms with Gasteiger partial charge in [-0.1, -0.05) is 69.6 Å². The largest absolute Gasteiger partial charge is 0.324 e. The van der Waals surface area contributed by atoms with Crippen LogP contribution in [0.1, 0.15) is 39.3 Å². The molecule has 2 rings (SSSR count). The van der Waals surface area contributed by atoms with Crippen LogP contribution in [0.3, 0.4) is 0 Å². The molecule has 2 N–H and O–H groups in total. The van der Waals surface area contributed by atoms with Crippen molar-refractivity contribution >= 4 is 33.2 Å². The minimum Gasteiger partial charge on any atom is -0.324 e. The highest BCUT2D eigenvalue weighted by Gasteiger charge is 2.23. The second-order valence-corrected chi connectivity index (χ2v) is 9.64. The van der Waals surface area contributed by atoms with Crippen LogP contribution < -0.4 is 10.6 Å². The molecule has 0 saturated carbocycles. The number of halogens is 1. The third-order valence-corrected chi connectivity index (χ3v) is 7.24. The summed E-state index contributed by atoms with van der Waals surface area (Å²) >= 11 is 6.20. The number of amides is 1. The summed E-state index contributed by atoms with van der Waals surface area (Å²) in [5.74, 6) is -0.0119. The first-order chi connectivity index (χ1) is 14.2. The highest BCUT2D eigenvalue weighted by Crippen LogP contribution is 2.27. The molecule has 0 fully saturated rings. The summed E-state index contributed by atoms with van der Waals surface area (Å²) in [6.45, 7) is 8.53. The van der Waals surface area contributed by atoms with Gasteiger partial charge in [0.2, 0.25) is 15.9 Å². The average molecular weight is 452 g/mol. The summed E-state index contributed by atoms with van der Waals surface area (Å²) in [6, 6.07) is 14.3. The van der Waals surface area contributed by atoms with Crippen LogP contribution in [0.15, 0.2) is 53.4 Å². The summed E-state index contributed by atoms with van der Waals surface area (Å²) in [4.78, 5) is 12.6. The molecule has 6 nitrogen and oxygen atoms in total. The van der Waals surface area contributed by atoms with Crippen LogP contribution in [0, 0.1) is 5.92 Å². The topological polar surface area (TPSA) is 78.5 Å². The monoisotopic (exact) mass is 451 g/mol. The molecule has 0 aliphatic heterocycles. The van der Waals surface area contributed by atoms with E-state index in [1.54, 1.807) is 13.8 Å². The van der Waals surface area contributed by atoms with E-state index in [9.17, 15) is 13.2 Å². The Hall–Kier alpha value is -1.93. The number of anilines is 1. The Balaban J connectivity index is 2.13. The molecule has 8 heteroatoms. The predicted octanol–water partition coefficient (Wildman–Crippen LogP) is 4.30. The molecule has 0 radical (unpaired) electrons. The first-order valence-electron chi connectivity index (χ1n) is 10.1. The highest BCUT2D eigenvalue weighted by molar-refractivity contribution is 7.89. The number of nitrogens with zero attached hydrogens (tertiary/aromatic N) is 1. The third-order valence-electron chi connectivity index (χ3n) is 4.86. The average Bonchev–Trinajstić information content (AvgIpc) is 2.71. The Morgan fingerprint density at radius 1 is 1.07 bits per heavy atom. The molecule has 0 aliphatic carbocycles. The first kappa shape index (κ1) is 24.3. The number of carbonyl (C=O) groups excluding carboxylic acids is 1. The minimum atomic E-state index is -3.64. The van der Waals surface area contributed by atoms with E-state index in [2.05, 4.69) is 24.5 Å². The van der Waals surface area contributed by atoms with Gasteiger partial charge < -0.3 is 10.6 Å². The van der Waals surface area contributed by atoms with Gasteiger partial charge in [0.05, 0.1) is 22.2 Å². The standard InChI is InChI=1S/C22H30ClN3O3S/c1-5-26(6-2)30(28,29)18-12-13-19(23)20(14-18)25-21(27)15-24-22(16(3)4)17-10-8-7-9-11-17/h7-14,16,22,24H,5-6,15H2,1-4H3,(H,25,27)/t22-/m1/s1. The number of carbonyl (C=O) groups is 1. The van der Waals surface area contributed by atoms with Crippen LogP contribution >= 0.6 is 11.6 Å². The summed E-state index contributed by atoms with van der Waals surface area (Å²) in [6.07, 6.45) is 0. The molecule has 0 spiro atoms. The fourth-order valence-electron chi connectivity index (χ4n) is 3.27. The van der Waals surface area contributed by atoms with Crippen LogP contribution in [-0.4, -0.2) is 38.3 Å². The molecule has 0 aliphatic rings. The number of rotatable bonds is 10. The molecule has 1 atom stereocenters. The molecule has 0 bridgehead atoms. The molecule has 0 saturated heterocycles. The zero-order valence-electron chi connectivity index (χ0n) is 17.9. The predicted molar refractivity (Wildman–Crippen MR) is 122 cm³/mol. The van der Waals surface area contributed by atoms with Gasteiger partial charge in [0.15, 0.2) is 0 Å². The molecule has 0 unspecified atom stereocenters. The number of hydrogen-bond acceptors (Lipinski definition) is 4. The van der Waals surface area contributed by atoms with Gasteiger partial charge in [-0.15, -0.1) is 0 Å².